The molecule has 0 saturated carbocycles. The Morgan fingerprint density at radius 2 is 1.45 bits per heavy atom. The molecule has 0 radical (unpaired) electrons. The average Bonchev–Trinajstić information content (AvgIpc) is 3.19. The molecule has 1 heterocycles. The first kappa shape index (κ1) is 22.3. The number of nitrogens with zero attached hydrogens (tertiary/aromatic N) is 1. The smallest absolute Gasteiger partial charge is 0.418 e. The Balaban J connectivity index is 1.49. The molecule has 33 heavy (non-hydrogen) atoms. The van der Waals surface area contributed by atoms with Gasteiger partial charge in [0.05, 0.1) is 11.4 Å². The molecule has 1 atom stereocenters. The van der Waals surface area contributed by atoms with Gasteiger partial charge in [-0.1, -0.05) is 79.7 Å². The van der Waals surface area contributed by atoms with E-state index >= 15 is 0 Å². The van der Waals surface area contributed by atoms with Crippen molar-refractivity contribution in [3.05, 3.63) is 107 Å². The SMILES string of the molecule is Cc1ccc2c(C[C@H](C)C(=O)OCc3ccccc3)cn(C(=O)OCc3ccccc3)c2c1. The second-order valence-electron chi connectivity index (χ2n) is 8.28. The number of aryl methyl sites for hydroxylation is 1. The second kappa shape index (κ2) is 10.2. The number of fused-ring (bicyclic) bond motifs is 1. The Morgan fingerprint density at radius 3 is 2.09 bits per heavy atom. The quantitative estimate of drug-likeness (QED) is 0.327. The monoisotopic (exact) mass is 441 g/mol. The number of benzene rings is 3. The van der Waals surface area contributed by atoms with Gasteiger partial charge in [-0.05, 0) is 41.7 Å². The molecule has 168 valence electrons. The molecule has 0 bridgehead atoms. The molecule has 0 amide bonds. The largest absolute Gasteiger partial charge is 0.461 e. The van der Waals surface area contributed by atoms with E-state index in [0.717, 1.165) is 33.2 Å². The van der Waals surface area contributed by atoms with Gasteiger partial charge in [-0.2, -0.15) is 0 Å². The average molecular weight is 442 g/mol. The van der Waals surface area contributed by atoms with Gasteiger partial charge in [0, 0.05) is 11.6 Å². The molecule has 5 nitrogen and oxygen atoms in total. The minimum Gasteiger partial charge on any atom is -0.461 e. The van der Waals surface area contributed by atoms with Crippen molar-refractivity contribution in [1.82, 2.24) is 4.57 Å². The lowest BCUT2D eigenvalue weighted by Crippen LogP contribution is -2.17. The first-order valence-electron chi connectivity index (χ1n) is 11.0. The fourth-order valence-corrected chi connectivity index (χ4v) is 3.79. The Morgan fingerprint density at radius 1 is 0.848 bits per heavy atom. The van der Waals surface area contributed by atoms with Crippen LogP contribution in [0, 0.1) is 12.8 Å². The summed E-state index contributed by atoms with van der Waals surface area (Å²) in [7, 11) is 0. The van der Waals surface area contributed by atoms with Crippen LogP contribution < -0.4 is 0 Å². The van der Waals surface area contributed by atoms with Gasteiger partial charge in [0.1, 0.15) is 13.2 Å². The maximum Gasteiger partial charge on any atom is 0.418 e. The highest BCUT2D eigenvalue weighted by molar-refractivity contribution is 5.92. The zero-order valence-electron chi connectivity index (χ0n) is 18.9. The van der Waals surface area contributed by atoms with Crippen molar-refractivity contribution in [2.45, 2.75) is 33.5 Å². The van der Waals surface area contributed by atoms with Gasteiger partial charge in [-0.25, -0.2) is 4.79 Å². The van der Waals surface area contributed by atoms with Gasteiger partial charge in [0.2, 0.25) is 0 Å². The summed E-state index contributed by atoms with van der Waals surface area (Å²) in [5, 5.41) is 0.931. The van der Waals surface area contributed by atoms with Gasteiger partial charge in [-0.15, -0.1) is 0 Å². The fourth-order valence-electron chi connectivity index (χ4n) is 3.79. The van der Waals surface area contributed by atoms with Crippen molar-refractivity contribution in [1.29, 1.82) is 0 Å². The Hall–Kier alpha value is -3.86. The van der Waals surface area contributed by atoms with E-state index in [9.17, 15) is 9.59 Å². The summed E-state index contributed by atoms with van der Waals surface area (Å²) in [5.74, 6) is -0.618. The minimum atomic E-state index is -0.444. The van der Waals surface area contributed by atoms with E-state index in [4.69, 9.17) is 9.47 Å². The molecule has 0 N–H and O–H groups in total. The summed E-state index contributed by atoms with van der Waals surface area (Å²) in [4.78, 5) is 25.5. The number of hydrogen-bond acceptors (Lipinski definition) is 4. The summed E-state index contributed by atoms with van der Waals surface area (Å²) in [6.07, 6.45) is 1.80. The summed E-state index contributed by atoms with van der Waals surface area (Å²) < 4.78 is 12.6. The van der Waals surface area contributed by atoms with Crippen LogP contribution in [-0.4, -0.2) is 16.6 Å². The summed E-state index contributed by atoms with van der Waals surface area (Å²) in [5.41, 5.74) is 4.60. The fraction of sp³-hybridized carbons (Fsp3) is 0.214. The van der Waals surface area contributed by atoms with Gasteiger partial charge < -0.3 is 9.47 Å². The maximum absolute atomic E-state index is 12.9. The van der Waals surface area contributed by atoms with Crippen molar-refractivity contribution < 1.29 is 19.1 Å². The number of rotatable bonds is 7. The highest BCUT2D eigenvalue weighted by Crippen LogP contribution is 2.26. The maximum atomic E-state index is 12.9. The van der Waals surface area contributed by atoms with E-state index < -0.39 is 6.09 Å². The lowest BCUT2D eigenvalue weighted by Gasteiger charge is -2.11. The van der Waals surface area contributed by atoms with Gasteiger partial charge in [-0.3, -0.25) is 9.36 Å². The van der Waals surface area contributed by atoms with Crippen molar-refractivity contribution in [3.63, 3.8) is 0 Å². The van der Waals surface area contributed by atoms with Crippen LogP contribution in [0.1, 0.15) is 29.2 Å². The number of aromatic nitrogens is 1. The lowest BCUT2D eigenvalue weighted by molar-refractivity contribution is -0.149. The van der Waals surface area contributed by atoms with Crippen molar-refractivity contribution in [3.8, 4) is 0 Å². The number of carbonyl (C=O) groups excluding carboxylic acids is 2. The number of esters is 1. The third-order valence-electron chi connectivity index (χ3n) is 5.60. The Kier molecular flexibility index (Phi) is 6.89. The molecule has 0 aliphatic rings. The molecule has 3 aromatic carbocycles. The van der Waals surface area contributed by atoms with Crippen LogP contribution in [-0.2, 0) is 33.9 Å². The van der Waals surface area contributed by atoms with Crippen LogP contribution in [0.4, 0.5) is 4.79 Å². The molecular formula is C28H27NO4. The van der Waals surface area contributed by atoms with E-state index in [1.807, 2.05) is 92.7 Å². The molecule has 0 spiro atoms. The molecule has 0 aliphatic carbocycles. The van der Waals surface area contributed by atoms with Crippen LogP contribution in [0.5, 0.6) is 0 Å². The van der Waals surface area contributed by atoms with Gasteiger partial charge in [0.25, 0.3) is 0 Å². The summed E-state index contributed by atoms with van der Waals surface area (Å²) >= 11 is 0. The first-order valence-corrected chi connectivity index (χ1v) is 11.0. The first-order chi connectivity index (χ1) is 16.0. The molecule has 4 aromatic rings. The zero-order chi connectivity index (χ0) is 23.2. The van der Waals surface area contributed by atoms with Crippen LogP contribution in [0.15, 0.2) is 85.1 Å². The van der Waals surface area contributed by atoms with Crippen LogP contribution >= 0.6 is 0 Å². The predicted molar refractivity (Wildman–Crippen MR) is 128 cm³/mol. The van der Waals surface area contributed by atoms with Crippen molar-refractivity contribution in [2.24, 2.45) is 5.92 Å². The highest BCUT2D eigenvalue weighted by Gasteiger charge is 2.21. The molecular weight excluding hydrogens is 414 g/mol. The van der Waals surface area contributed by atoms with Crippen LogP contribution in [0.2, 0.25) is 0 Å². The van der Waals surface area contributed by atoms with E-state index in [1.54, 1.807) is 6.20 Å². The molecule has 0 aliphatic heterocycles. The van der Waals surface area contributed by atoms with E-state index in [1.165, 1.54) is 4.57 Å². The third kappa shape index (κ3) is 5.50. The summed E-state index contributed by atoms with van der Waals surface area (Å²) in [6.45, 7) is 4.27. The van der Waals surface area contributed by atoms with Gasteiger partial charge >= 0.3 is 12.1 Å². The lowest BCUT2D eigenvalue weighted by atomic mass is 10.0. The number of carbonyl (C=O) groups is 2. The van der Waals surface area contributed by atoms with Gasteiger partial charge in [0.15, 0.2) is 0 Å². The molecule has 0 fully saturated rings. The van der Waals surface area contributed by atoms with E-state index in [2.05, 4.69) is 0 Å². The minimum absolute atomic E-state index is 0.197. The van der Waals surface area contributed by atoms with Crippen LogP contribution in [0.3, 0.4) is 0 Å². The van der Waals surface area contributed by atoms with E-state index in [-0.39, 0.29) is 25.1 Å². The van der Waals surface area contributed by atoms with Crippen molar-refractivity contribution >= 4 is 23.0 Å². The molecule has 1 aromatic heterocycles. The predicted octanol–water partition coefficient (Wildman–Crippen LogP) is 6.06. The summed E-state index contributed by atoms with van der Waals surface area (Å²) in [6, 6.07) is 25.1. The molecule has 5 heteroatoms. The molecule has 0 saturated heterocycles. The van der Waals surface area contributed by atoms with Crippen LogP contribution in [0.25, 0.3) is 10.9 Å². The molecule has 4 rings (SSSR count). The second-order valence-corrected chi connectivity index (χ2v) is 8.28. The number of hydrogen-bond donors (Lipinski definition) is 0. The zero-order valence-corrected chi connectivity index (χ0v) is 18.9. The molecule has 0 unspecified atom stereocenters. The van der Waals surface area contributed by atoms with E-state index in [0.29, 0.717) is 6.42 Å². The Bertz CT molecular complexity index is 1250. The Labute approximate surface area is 193 Å². The third-order valence-corrected chi connectivity index (χ3v) is 5.60. The number of ether oxygens (including phenoxy) is 2. The highest BCUT2D eigenvalue weighted by atomic mass is 16.5. The standard InChI is InChI=1S/C28H27NO4/c1-20-13-14-25-24(16-21(2)27(30)32-18-22-9-5-3-6-10-22)17-29(26(25)15-20)28(31)33-19-23-11-7-4-8-12-23/h3-15,17,21H,16,18-19H2,1-2H3/t21-/m0/s1. The normalized spacial score (nSPS) is 11.8. The van der Waals surface area contributed by atoms with Crippen molar-refractivity contribution in [2.75, 3.05) is 0 Å². The topological polar surface area (TPSA) is 57.5 Å².